The summed E-state index contributed by atoms with van der Waals surface area (Å²) in [6.07, 6.45) is 3.27. The Morgan fingerprint density at radius 2 is 1.73 bits per heavy atom. The van der Waals surface area contributed by atoms with E-state index < -0.39 is 11.9 Å². The van der Waals surface area contributed by atoms with Gasteiger partial charge in [0.15, 0.2) is 0 Å². The predicted molar refractivity (Wildman–Crippen MR) is 99.4 cm³/mol. The van der Waals surface area contributed by atoms with Gasteiger partial charge in [0.25, 0.3) is 0 Å². The second-order valence-electron chi connectivity index (χ2n) is 7.40. The molecule has 1 fully saturated rings. The van der Waals surface area contributed by atoms with Crippen molar-refractivity contribution in [2.75, 3.05) is 20.3 Å². The van der Waals surface area contributed by atoms with Crippen molar-refractivity contribution in [2.24, 2.45) is 17.3 Å². The summed E-state index contributed by atoms with van der Waals surface area (Å²) in [5.74, 6) is 0.472. The third kappa shape index (κ3) is 5.48. The van der Waals surface area contributed by atoms with Crippen LogP contribution in [0.1, 0.15) is 46.5 Å². The number of esters is 1. The lowest BCUT2D eigenvalue weighted by Crippen LogP contribution is -2.31. The van der Waals surface area contributed by atoms with Crippen LogP contribution in [0.25, 0.3) is 0 Å². The van der Waals surface area contributed by atoms with Crippen molar-refractivity contribution in [3.05, 3.63) is 24.3 Å². The van der Waals surface area contributed by atoms with Crippen molar-refractivity contribution in [2.45, 2.75) is 46.5 Å². The molecule has 1 atom stereocenters. The van der Waals surface area contributed by atoms with E-state index in [1.165, 1.54) is 0 Å². The van der Waals surface area contributed by atoms with Crippen molar-refractivity contribution in [3.63, 3.8) is 0 Å². The number of ketones is 1. The smallest absolute Gasteiger partial charge is 0.316 e. The van der Waals surface area contributed by atoms with Crippen LogP contribution in [0.15, 0.2) is 24.3 Å². The van der Waals surface area contributed by atoms with Gasteiger partial charge in [-0.1, -0.05) is 13.8 Å². The minimum atomic E-state index is -0.659. The lowest BCUT2D eigenvalue weighted by Gasteiger charge is -2.20. The molecule has 0 bridgehead atoms. The zero-order valence-corrected chi connectivity index (χ0v) is 16.2. The van der Waals surface area contributed by atoms with E-state index in [2.05, 4.69) is 0 Å². The molecule has 0 aromatic heterocycles. The average Bonchev–Trinajstić information content (AvgIpc) is 3.39. The number of Topliss-reactive ketones (excluding diaryl/α,β-unsaturated/α-hetero) is 1. The van der Waals surface area contributed by atoms with Crippen LogP contribution in [0.2, 0.25) is 0 Å². The van der Waals surface area contributed by atoms with Crippen LogP contribution in [-0.4, -0.2) is 32.1 Å². The first-order valence-corrected chi connectivity index (χ1v) is 9.37. The van der Waals surface area contributed by atoms with E-state index in [4.69, 9.17) is 14.2 Å². The van der Waals surface area contributed by atoms with E-state index >= 15 is 0 Å². The van der Waals surface area contributed by atoms with E-state index in [-0.39, 0.29) is 17.1 Å². The molecule has 0 spiro atoms. The maximum Gasteiger partial charge on any atom is 0.316 e. The number of hydrogen-bond acceptors (Lipinski definition) is 5. The van der Waals surface area contributed by atoms with Gasteiger partial charge in [-0.3, -0.25) is 9.59 Å². The highest BCUT2D eigenvalue weighted by molar-refractivity contribution is 5.99. The molecule has 0 aliphatic heterocycles. The standard InChI is InChI=1S/C21H30O5/c1-5-25-20(23)19(15(2)3)18(22)10-11-21(12-13-21)14-26-17-8-6-16(24-4)7-9-17/h6-9,15,19H,5,10-14H2,1-4H3. The first-order chi connectivity index (χ1) is 12.4. The zero-order chi connectivity index (χ0) is 19.2. The Morgan fingerprint density at radius 3 is 2.23 bits per heavy atom. The molecule has 5 nitrogen and oxygen atoms in total. The van der Waals surface area contributed by atoms with E-state index in [1.54, 1.807) is 14.0 Å². The van der Waals surface area contributed by atoms with E-state index in [0.717, 1.165) is 30.8 Å². The minimum Gasteiger partial charge on any atom is -0.497 e. The quantitative estimate of drug-likeness (QED) is 0.439. The lowest BCUT2D eigenvalue weighted by molar-refractivity contribution is -0.153. The number of rotatable bonds is 11. The van der Waals surface area contributed by atoms with Crippen molar-refractivity contribution in [1.82, 2.24) is 0 Å². The number of benzene rings is 1. The van der Waals surface area contributed by atoms with Gasteiger partial charge >= 0.3 is 5.97 Å². The first-order valence-electron chi connectivity index (χ1n) is 9.37. The van der Waals surface area contributed by atoms with Crippen LogP contribution in [0.4, 0.5) is 0 Å². The summed E-state index contributed by atoms with van der Waals surface area (Å²) in [5.41, 5.74) is 0.0613. The molecule has 1 aromatic carbocycles. The molecule has 26 heavy (non-hydrogen) atoms. The highest BCUT2D eigenvalue weighted by Gasteiger charge is 2.44. The monoisotopic (exact) mass is 362 g/mol. The largest absolute Gasteiger partial charge is 0.497 e. The Morgan fingerprint density at radius 1 is 1.12 bits per heavy atom. The van der Waals surface area contributed by atoms with Gasteiger partial charge in [0.05, 0.1) is 20.3 Å². The Kier molecular flexibility index (Phi) is 7.06. The fraction of sp³-hybridized carbons (Fsp3) is 0.619. The van der Waals surface area contributed by atoms with E-state index in [1.807, 2.05) is 38.1 Å². The van der Waals surface area contributed by atoms with Gasteiger partial charge in [0.2, 0.25) is 0 Å². The summed E-state index contributed by atoms with van der Waals surface area (Å²) in [4.78, 5) is 24.6. The second kappa shape index (κ2) is 9.06. The Bertz CT molecular complexity index is 601. The Hall–Kier alpha value is -2.04. The molecule has 2 rings (SSSR count). The number of hydrogen-bond donors (Lipinski definition) is 0. The molecule has 0 N–H and O–H groups in total. The minimum absolute atomic E-state index is 0.0193. The molecule has 1 saturated carbocycles. The summed E-state index contributed by atoms with van der Waals surface area (Å²) in [5, 5.41) is 0. The number of ether oxygens (including phenoxy) is 3. The first kappa shape index (κ1) is 20.3. The Balaban J connectivity index is 1.84. The molecule has 0 amide bonds. The van der Waals surface area contributed by atoms with Crippen molar-refractivity contribution in [3.8, 4) is 11.5 Å². The zero-order valence-electron chi connectivity index (χ0n) is 16.2. The second-order valence-corrected chi connectivity index (χ2v) is 7.40. The number of carbonyl (C=O) groups excluding carboxylic acids is 2. The SMILES string of the molecule is CCOC(=O)C(C(=O)CCC1(COc2ccc(OC)cc2)CC1)C(C)C. The maximum atomic E-state index is 12.6. The van der Waals surface area contributed by atoms with Crippen LogP contribution < -0.4 is 9.47 Å². The van der Waals surface area contributed by atoms with Gasteiger partial charge in [-0.05, 0) is 56.4 Å². The molecule has 0 radical (unpaired) electrons. The molecular formula is C21H30O5. The van der Waals surface area contributed by atoms with Gasteiger partial charge in [-0.25, -0.2) is 0 Å². The highest BCUT2D eigenvalue weighted by Crippen LogP contribution is 2.50. The topological polar surface area (TPSA) is 61.8 Å². The van der Waals surface area contributed by atoms with Gasteiger partial charge in [0, 0.05) is 11.8 Å². The summed E-state index contributed by atoms with van der Waals surface area (Å²) < 4.78 is 16.1. The summed E-state index contributed by atoms with van der Waals surface area (Å²) in [6.45, 7) is 6.43. The van der Waals surface area contributed by atoms with Crippen LogP contribution >= 0.6 is 0 Å². The van der Waals surface area contributed by atoms with Gasteiger partial charge in [-0.15, -0.1) is 0 Å². The highest BCUT2D eigenvalue weighted by atomic mass is 16.5. The molecule has 5 heteroatoms. The van der Waals surface area contributed by atoms with Crippen LogP contribution in [0.3, 0.4) is 0 Å². The Labute approximate surface area is 156 Å². The molecule has 1 aromatic rings. The van der Waals surface area contributed by atoms with Gasteiger partial charge in [0.1, 0.15) is 23.2 Å². The molecule has 1 aliphatic carbocycles. The summed E-state index contributed by atoms with van der Waals surface area (Å²) in [7, 11) is 1.63. The normalized spacial score (nSPS) is 16.0. The third-order valence-corrected chi connectivity index (χ3v) is 5.02. The van der Waals surface area contributed by atoms with Crippen LogP contribution in [0, 0.1) is 17.3 Å². The summed E-state index contributed by atoms with van der Waals surface area (Å²) >= 11 is 0. The van der Waals surface area contributed by atoms with E-state index in [0.29, 0.717) is 19.6 Å². The van der Waals surface area contributed by atoms with Crippen molar-refractivity contribution >= 4 is 11.8 Å². The predicted octanol–water partition coefficient (Wildman–Crippen LogP) is 4.04. The molecule has 1 unspecified atom stereocenters. The maximum absolute atomic E-state index is 12.6. The van der Waals surface area contributed by atoms with Crippen molar-refractivity contribution < 1.29 is 23.8 Å². The lowest BCUT2D eigenvalue weighted by atomic mass is 9.87. The summed E-state index contributed by atoms with van der Waals surface area (Å²) in [6, 6.07) is 7.50. The van der Waals surface area contributed by atoms with Gasteiger partial charge < -0.3 is 14.2 Å². The number of methoxy groups -OCH3 is 1. The third-order valence-electron chi connectivity index (χ3n) is 5.02. The number of carbonyl (C=O) groups is 2. The van der Waals surface area contributed by atoms with E-state index in [9.17, 15) is 9.59 Å². The molecule has 1 aliphatic rings. The van der Waals surface area contributed by atoms with Crippen LogP contribution in [-0.2, 0) is 14.3 Å². The molecule has 0 saturated heterocycles. The molecule has 0 heterocycles. The fourth-order valence-electron chi connectivity index (χ4n) is 3.10. The fourth-order valence-corrected chi connectivity index (χ4v) is 3.10. The average molecular weight is 362 g/mol. The van der Waals surface area contributed by atoms with Crippen molar-refractivity contribution in [1.29, 1.82) is 0 Å². The molecular weight excluding hydrogens is 332 g/mol. The van der Waals surface area contributed by atoms with Crippen LogP contribution in [0.5, 0.6) is 11.5 Å². The van der Waals surface area contributed by atoms with Gasteiger partial charge in [-0.2, -0.15) is 0 Å². The molecule has 144 valence electrons.